The van der Waals surface area contributed by atoms with Crippen molar-refractivity contribution < 1.29 is 18.0 Å². The summed E-state index contributed by atoms with van der Waals surface area (Å²) in [7, 11) is 0. The minimum Gasteiger partial charge on any atom is -0.356 e. The summed E-state index contributed by atoms with van der Waals surface area (Å²) in [5.74, 6) is -4.39. The Morgan fingerprint density at radius 3 is 2.62 bits per heavy atom. The zero-order valence-corrected chi connectivity index (χ0v) is 8.40. The van der Waals surface area contributed by atoms with Crippen molar-refractivity contribution in [3.63, 3.8) is 0 Å². The second-order valence-electron chi connectivity index (χ2n) is 3.82. The van der Waals surface area contributed by atoms with E-state index in [2.05, 4.69) is 5.32 Å². The van der Waals surface area contributed by atoms with Crippen LogP contribution in [0.2, 0.25) is 0 Å². The molecule has 0 aromatic heterocycles. The Bertz CT molecular complexity index is 433. The Morgan fingerprint density at radius 2 is 2.00 bits per heavy atom. The molecule has 0 bridgehead atoms. The van der Waals surface area contributed by atoms with E-state index in [1.54, 1.807) is 0 Å². The van der Waals surface area contributed by atoms with E-state index >= 15 is 0 Å². The highest BCUT2D eigenvalue weighted by Gasteiger charge is 2.26. The Labute approximate surface area is 90.5 Å². The second kappa shape index (κ2) is 4.15. The van der Waals surface area contributed by atoms with Gasteiger partial charge in [-0.05, 0) is 24.5 Å². The standard InChI is InChI=1S/C11H10F3NO/c12-8-2-1-6(9(13)10(8)14)5-7-3-4-15-11(7)16/h1-2,7H,3-5H2,(H,15,16). The first-order valence-electron chi connectivity index (χ1n) is 4.99. The average molecular weight is 229 g/mol. The predicted octanol–water partition coefficient (Wildman–Crippen LogP) is 1.78. The molecule has 16 heavy (non-hydrogen) atoms. The quantitative estimate of drug-likeness (QED) is 0.769. The van der Waals surface area contributed by atoms with Crippen LogP contribution in [0.15, 0.2) is 12.1 Å². The fourth-order valence-electron chi connectivity index (χ4n) is 1.83. The summed E-state index contributed by atoms with van der Waals surface area (Å²) in [4.78, 5) is 11.2. The highest BCUT2D eigenvalue weighted by molar-refractivity contribution is 5.80. The van der Waals surface area contributed by atoms with Gasteiger partial charge in [-0.3, -0.25) is 4.79 Å². The van der Waals surface area contributed by atoms with Gasteiger partial charge in [0, 0.05) is 12.5 Å². The number of halogens is 3. The van der Waals surface area contributed by atoms with Gasteiger partial charge in [0.1, 0.15) is 0 Å². The molecule has 0 aliphatic carbocycles. The lowest BCUT2D eigenvalue weighted by Crippen LogP contribution is -2.20. The molecule has 5 heteroatoms. The van der Waals surface area contributed by atoms with E-state index < -0.39 is 17.5 Å². The summed E-state index contributed by atoms with van der Waals surface area (Å²) in [6.07, 6.45) is 0.701. The largest absolute Gasteiger partial charge is 0.356 e. The number of hydrogen-bond acceptors (Lipinski definition) is 1. The predicted molar refractivity (Wildman–Crippen MR) is 51.1 cm³/mol. The zero-order chi connectivity index (χ0) is 11.7. The zero-order valence-electron chi connectivity index (χ0n) is 8.40. The highest BCUT2D eigenvalue weighted by atomic mass is 19.2. The molecule has 1 unspecified atom stereocenters. The summed E-state index contributed by atoms with van der Waals surface area (Å²) in [6, 6.07) is 2.06. The lowest BCUT2D eigenvalue weighted by atomic mass is 9.97. The number of hydrogen-bond donors (Lipinski definition) is 1. The molecule has 0 spiro atoms. The van der Waals surface area contributed by atoms with Crippen LogP contribution in [0.5, 0.6) is 0 Å². The van der Waals surface area contributed by atoms with Crippen LogP contribution in [-0.2, 0) is 11.2 Å². The van der Waals surface area contributed by atoms with Crippen LogP contribution in [0.25, 0.3) is 0 Å². The Morgan fingerprint density at radius 1 is 1.25 bits per heavy atom. The number of carbonyl (C=O) groups excluding carboxylic acids is 1. The van der Waals surface area contributed by atoms with Crippen LogP contribution in [-0.4, -0.2) is 12.5 Å². The topological polar surface area (TPSA) is 29.1 Å². The highest BCUT2D eigenvalue weighted by Crippen LogP contribution is 2.21. The Kier molecular flexibility index (Phi) is 2.85. The molecule has 0 saturated carbocycles. The Balaban J connectivity index is 2.22. The van der Waals surface area contributed by atoms with Crippen molar-refractivity contribution in [3.05, 3.63) is 35.1 Å². The molecule has 1 N–H and O–H groups in total. The van der Waals surface area contributed by atoms with Crippen molar-refractivity contribution in [3.8, 4) is 0 Å². The molecule has 2 nitrogen and oxygen atoms in total. The van der Waals surface area contributed by atoms with Gasteiger partial charge < -0.3 is 5.32 Å². The molecular weight excluding hydrogens is 219 g/mol. The van der Waals surface area contributed by atoms with Crippen molar-refractivity contribution in [1.82, 2.24) is 5.32 Å². The number of benzene rings is 1. The van der Waals surface area contributed by atoms with Crippen molar-refractivity contribution in [1.29, 1.82) is 0 Å². The normalized spacial score (nSPS) is 19.9. The van der Waals surface area contributed by atoms with E-state index in [1.165, 1.54) is 6.07 Å². The number of amides is 1. The van der Waals surface area contributed by atoms with Gasteiger partial charge in [0.2, 0.25) is 5.91 Å². The van der Waals surface area contributed by atoms with Crippen LogP contribution in [0.1, 0.15) is 12.0 Å². The third-order valence-electron chi connectivity index (χ3n) is 2.74. The van der Waals surface area contributed by atoms with Gasteiger partial charge in [0.05, 0.1) is 0 Å². The van der Waals surface area contributed by atoms with Crippen molar-refractivity contribution in [2.24, 2.45) is 5.92 Å². The summed E-state index contributed by atoms with van der Waals surface area (Å²) >= 11 is 0. The second-order valence-corrected chi connectivity index (χ2v) is 3.82. The molecule has 1 atom stereocenters. The molecule has 1 heterocycles. The molecule has 1 amide bonds. The van der Waals surface area contributed by atoms with Gasteiger partial charge in [-0.25, -0.2) is 13.2 Å². The van der Waals surface area contributed by atoms with E-state index in [0.29, 0.717) is 13.0 Å². The van der Waals surface area contributed by atoms with E-state index in [4.69, 9.17) is 0 Å². The average Bonchev–Trinajstić information content (AvgIpc) is 2.65. The number of nitrogens with one attached hydrogen (secondary N) is 1. The molecular formula is C11H10F3NO. The maximum atomic E-state index is 13.3. The van der Waals surface area contributed by atoms with Crippen molar-refractivity contribution >= 4 is 5.91 Å². The van der Waals surface area contributed by atoms with Crippen molar-refractivity contribution in [2.75, 3.05) is 6.54 Å². The third kappa shape index (κ3) is 1.89. The van der Waals surface area contributed by atoms with Crippen LogP contribution in [0.4, 0.5) is 13.2 Å². The first-order valence-corrected chi connectivity index (χ1v) is 4.99. The SMILES string of the molecule is O=C1NCCC1Cc1ccc(F)c(F)c1F. The monoisotopic (exact) mass is 229 g/mol. The molecule has 86 valence electrons. The summed E-state index contributed by atoms with van der Waals surface area (Å²) in [5, 5.41) is 2.61. The summed E-state index contributed by atoms with van der Waals surface area (Å²) < 4.78 is 38.9. The van der Waals surface area contributed by atoms with Gasteiger partial charge in [-0.1, -0.05) is 6.07 Å². The fourth-order valence-corrected chi connectivity index (χ4v) is 1.83. The van der Waals surface area contributed by atoms with Crippen LogP contribution in [0.3, 0.4) is 0 Å². The first kappa shape index (κ1) is 11.0. The van der Waals surface area contributed by atoms with Gasteiger partial charge in [-0.15, -0.1) is 0 Å². The molecule has 1 fully saturated rings. The van der Waals surface area contributed by atoms with E-state index in [-0.39, 0.29) is 23.8 Å². The molecule has 1 aromatic rings. The van der Waals surface area contributed by atoms with Gasteiger partial charge in [0.25, 0.3) is 0 Å². The maximum Gasteiger partial charge on any atom is 0.223 e. The maximum absolute atomic E-state index is 13.3. The molecule has 2 rings (SSSR count). The van der Waals surface area contributed by atoms with E-state index in [0.717, 1.165) is 6.07 Å². The first-order chi connectivity index (χ1) is 7.59. The fraction of sp³-hybridized carbons (Fsp3) is 0.364. The van der Waals surface area contributed by atoms with Crippen LogP contribution in [0, 0.1) is 23.4 Å². The lowest BCUT2D eigenvalue weighted by molar-refractivity contribution is -0.122. The minimum atomic E-state index is -1.48. The smallest absolute Gasteiger partial charge is 0.223 e. The molecule has 1 aliphatic heterocycles. The lowest BCUT2D eigenvalue weighted by Gasteiger charge is -2.08. The van der Waals surface area contributed by atoms with Gasteiger partial charge in [-0.2, -0.15) is 0 Å². The van der Waals surface area contributed by atoms with Crippen LogP contribution >= 0.6 is 0 Å². The van der Waals surface area contributed by atoms with E-state index in [9.17, 15) is 18.0 Å². The van der Waals surface area contributed by atoms with Crippen molar-refractivity contribution in [2.45, 2.75) is 12.8 Å². The molecule has 1 aliphatic rings. The van der Waals surface area contributed by atoms with Gasteiger partial charge >= 0.3 is 0 Å². The summed E-state index contributed by atoms with van der Waals surface area (Å²) in [5.41, 5.74) is 0.0425. The molecule has 1 aromatic carbocycles. The molecule has 1 saturated heterocycles. The van der Waals surface area contributed by atoms with E-state index in [1.807, 2.05) is 0 Å². The minimum absolute atomic E-state index is 0.0425. The Hall–Kier alpha value is -1.52. The van der Waals surface area contributed by atoms with Gasteiger partial charge in [0.15, 0.2) is 17.5 Å². The molecule has 0 radical (unpaired) electrons. The number of carbonyl (C=O) groups is 1. The number of rotatable bonds is 2. The third-order valence-corrected chi connectivity index (χ3v) is 2.74. The summed E-state index contributed by atoms with van der Waals surface area (Å²) in [6.45, 7) is 0.550. The van der Waals surface area contributed by atoms with Crippen LogP contribution < -0.4 is 5.32 Å².